The van der Waals surface area contributed by atoms with E-state index in [1.165, 1.54) is 35.6 Å². The fourth-order valence-electron chi connectivity index (χ4n) is 2.38. The molecule has 1 aromatic carbocycles. The quantitative estimate of drug-likeness (QED) is 0.541. The van der Waals surface area contributed by atoms with Gasteiger partial charge in [-0.25, -0.2) is 18.5 Å². The zero-order valence-electron chi connectivity index (χ0n) is 15.2. The molecule has 0 fully saturated rings. The smallest absolute Gasteiger partial charge is 0.312 e. The van der Waals surface area contributed by atoms with Crippen LogP contribution in [0.25, 0.3) is 10.8 Å². The van der Waals surface area contributed by atoms with Crippen LogP contribution in [0.4, 0.5) is 5.69 Å². The molecular weight excluding hydrogens is 418 g/mol. The molecule has 0 radical (unpaired) electrons. The summed E-state index contributed by atoms with van der Waals surface area (Å²) >= 11 is 1.46. The molecular formula is C18H17N3O6S2. The van der Waals surface area contributed by atoms with Gasteiger partial charge in [0.1, 0.15) is 5.76 Å². The van der Waals surface area contributed by atoms with E-state index in [9.17, 15) is 18.0 Å². The highest BCUT2D eigenvalue weighted by Crippen LogP contribution is 2.26. The Kier molecular flexibility index (Phi) is 6.11. The number of carbonyl (C=O) groups is 2. The van der Waals surface area contributed by atoms with E-state index in [2.05, 4.69) is 10.3 Å². The van der Waals surface area contributed by atoms with E-state index in [1.54, 1.807) is 6.92 Å². The van der Waals surface area contributed by atoms with Gasteiger partial charge in [-0.05, 0) is 36.6 Å². The van der Waals surface area contributed by atoms with Gasteiger partial charge in [0, 0.05) is 5.69 Å². The Morgan fingerprint density at radius 1 is 1.28 bits per heavy atom. The molecule has 3 N–H and O–H groups in total. The highest BCUT2D eigenvalue weighted by atomic mass is 32.2. The maximum atomic E-state index is 12.0. The fraction of sp³-hybridized carbons (Fsp3) is 0.167. The number of amides is 1. The number of carbonyl (C=O) groups excluding carboxylic acids is 2. The summed E-state index contributed by atoms with van der Waals surface area (Å²) in [5.74, 6) is -0.351. The van der Waals surface area contributed by atoms with Gasteiger partial charge in [0.15, 0.2) is 6.61 Å². The zero-order chi connectivity index (χ0) is 21.0. The molecule has 2 aromatic heterocycles. The molecule has 152 valence electrons. The average Bonchev–Trinajstić information content (AvgIpc) is 3.30. The molecule has 0 aliphatic rings. The second-order valence-electron chi connectivity index (χ2n) is 5.96. The number of primary sulfonamides is 1. The molecule has 1 amide bonds. The van der Waals surface area contributed by atoms with Crippen molar-refractivity contribution in [1.82, 2.24) is 4.98 Å². The first-order valence-corrected chi connectivity index (χ1v) is 10.7. The Balaban J connectivity index is 1.54. The number of nitrogens with one attached hydrogen (secondary N) is 1. The van der Waals surface area contributed by atoms with Crippen molar-refractivity contribution in [2.24, 2.45) is 5.14 Å². The van der Waals surface area contributed by atoms with Gasteiger partial charge in [-0.3, -0.25) is 9.59 Å². The Morgan fingerprint density at radius 3 is 2.76 bits per heavy atom. The van der Waals surface area contributed by atoms with Crippen molar-refractivity contribution in [3.05, 3.63) is 53.2 Å². The number of thiophene rings is 1. The maximum absolute atomic E-state index is 12.0. The Bertz CT molecular complexity index is 1140. The first kappa shape index (κ1) is 20.7. The van der Waals surface area contributed by atoms with Gasteiger partial charge in [0.2, 0.25) is 15.9 Å². The third-order valence-electron chi connectivity index (χ3n) is 3.75. The Hall–Kier alpha value is -3.02. The highest BCUT2D eigenvalue weighted by Gasteiger charge is 2.17. The van der Waals surface area contributed by atoms with E-state index in [-0.39, 0.29) is 17.0 Å². The number of nitrogens with zero attached hydrogens (tertiary/aromatic N) is 1. The predicted octanol–water partition coefficient (Wildman–Crippen LogP) is 2.08. The minimum Gasteiger partial charge on any atom is -0.455 e. The number of hydrogen-bond acceptors (Lipinski definition) is 8. The van der Waals surface area contributed by atoms with Crippen molar-refractivity contribution >= 4 is 38.9 Å². The topological polar surface area (TPSA) is 142 Å². The van der Waals surface area contributed by atoms with Crippen molar-refractivity contribution in [3.8, 4) is 10.8 Å². The monoisotopic (exact) mass is 435 g/mol. The minimum atomic E-state index is -3.89. The van der Waals surface area contributed by atoms with Crippen molar-refractivity contribution < 1.29 is 27.2 Å². The van der Waals surface area contributed by atoms with Crippen LogP contribution in [-0.2, 0) is 30.8 Å². The van der Waals surface area contributed by atoms with Crippen LogP contribution in [0.2, 0.25) is 0 Å². The van der Waals surface area contributed by atoms with Gasteiger partial charge in [-0.1, -0.05) is 12.1 Å². The highest BCUT2D eigenvalue weighted by molar-refractivity contribution is 7.89. The third kappa shape index (κ3) is 5.50. The number of aromatic nitrogens is 1. The molecule has 3 rings (SSSR count). The molecule has 0 aliphatic heterocycles. The Labute approximate surface area is 170 Å². The molecule has 0 atom stereocenters. The summed E-state index contributed by atoms with van der Waals surface area (Å²) in [4.78, 5) is 29.0. The van der Waals surface area contributed by atoms with Gasteiger partial charge < -0.3 is 14.5 Å². The second kappa shape index (κ2) is 8.55. The van der Waals surface area contributed by atoms with Crippen LogP contribution in [0.1, 0.15) is 11.5 Å². The lowest BCUT2D eigenvalue weighted by atomic mass is 10.3. The lowest BCUT2D eigenvalue weighted by molar-refractivity contribution is -0.146. The minimum absolute atomic E-state index is 0.143. The number of hydrogen-bond donors (Lipinski definition) is 2. The second-order valence-corrected chi connectivity index (χ2v) is 8.47. The summed E-state index contributed by atoms with van der Waals surface area (Å²) in [6, 6.07) is 9.15. The van der Waals surface area contributed by atoms with Crippen molar-refractivity contribution in [1.29, 1.82) is 0 Å². The van der Waals surface area contributed by atoms with Crippen LogP contribution < -0.4 is 10.5 Å². The first-order valence-electron chi connectivity index (χ1n) is 8.31. The van der Waals surface area contributed by atoms with Gasteiger partial charge in [-0.15, -0.1) is 11.3 Å². The molecule has 0 spiro atoms. The predicted molar refractivity (Wildman–Crippen MR) is 106 cm³/mol. The molecule has 9 nitrogen and oxygen atoms in total. The lowest BCUT2D eigenvalue weighted by Crippen LogP contribution is -2.22. The van der Waals surface area contributed by atoms with E-state index >= 15 is 0 Å². The number of nitrogens with two attached hydrogens (primary N) is 1. The number of benzene rings is 1. The van der Waals surface area contributed by atoms with E-state index < -0.39 is 28.5 Å². The molecule has 2 heterocycles. The molecule has 0 bridgehead atoms. The van der Waals surface area contributed by atoms with Crippen LogP contribution in [-0.4, -0.2) is 31.9 Å². The number of rotatable bonds is 7. The van der Waals surface area contributed by atoms with E-state index in [4.69, 9.17) is 14.3 Å². The summed E-state index contributed by atoms with van der Waals surface area (Å²) in [5, 5.41) is 9.38. The fourth-order valence-corrected chi connectivity index (χ4v) is 3.59. The molecule has 0 aliphatic carbocycles. The van der Waals surface area contributed by atoms with Crippen molar-refractivity contribution in [2.45, 2.75) is 18.2 Å². The van der Waals surface area contributed by atoms with Gasteiger partial charge in [0.25, 0.3) is 5.91 Å². The van der Waals surface area contributed by atoms with Gasteiger partial charge in [-0.2, -0.15) is 0 Å². The van der Waals surface area contributed by atoms with E-state index in [0.717, 1.165) is 4.88 Å². The Morgan fingerprint density at radius 2 is 2.07 bits per heavy atom. The lowest BCUT2D eigenvalue weighted by Gasteiger charge is -2.07. The number of sulfonamides is 1. The van der Waals surface area contributed by atoms with Gasteiger partial charge >= 0.3 is 5.97 Å². The number of ether oxygens (including phenoxy) is 1. The summed E-state index contributed by atoms with van der Waals surface area (Å²) in [7, 11) is -3.89. The number of aryl methyl sites for hydroxylation is 1. The summed E-state index contributed by atoms with van der Waals surface area (Å²) < 4.78 is 33.2. The van der Waals surface area contributed by atoms with Crippen LogP contribution in [0.3, 0.4) is 0 Å². The summed E-state index contributed by atoms with van der Waals surface area (Å²) in [6.45, 7) is 1.16. The maximum Gasteiger partial charge on any atom is 0.312 e. The molecule has 29 heavy (non-hydrogen) atoms. The summed E-state index contributed by atoms with van der Waals surface area (Å²) in [6.07, 6.45) is -0.144. The average molecular weight is 435 g/mol. The standard InChI is InChI=1S/C18H17N3O6S2/c1-11-14(21-18(27-11)15-6-3-7-28-15)9-17(23)26-10-16(22)20-12-4-2-5-13(8-12)29(19,24)25/h2-8H,9-10H2,1H3,(H,20,22)(H2,19,24,25). The van der Waals surface area contributed by atoms with Crippen LogP contribution in [0.5, 0.6) is 0 Å². The number of anilines is 1. The van der Waals surface area contributed by atoms with Crippen LogP contribution >= 0.6 is 11.3 Å². The van der Waals surface area contributed by atoms with E-state index in [1.807, 2.05) is 17.5 Å². The van der Waals surface area contributed by atoms with Crippen molar-refractivity contribution in [2.75, 3.05) is 11.9 Å². The number of oxazole rings is 1. The zero-order valence-corrected chi connectivity index (χ0v) is 16.9. The van der Waals surface area contributed by atoms with E-state index in [0.29, 0.717) is 17.3 Å². The molecule has 3 aromatic rings. The molecule has 0 saturated heterocycles. The molecule has 0 unspecified atom stereocenters. The SMILES string of the molecule is Cc1oc(-c2cccs2)nc1CC(=O)OCC(=O)Nc1cccc(S(N)(=O)=O)c1. The largest absolute Gasteiger partial charge is 0.455 e. The summed E-state index contributed by atoms with van der Waals surface area (Å²) in [5.41, 5.74) is 0.644. The van der Waals surface area contributed by atoms with Crippen LogP contribution in [0, 0.1) is 6.92 Å². The number of esters is 1. The first-order chi connectivity index (χ1) is 13.7. The van der Waals surface area contributed by atoms with Crippen molar-refractivity contribution in [3.63, 3.8) is 0 Å². The third-order valence-corrected chi connectivity index (χ3v) is 5.52. The normalized spacial score (nSPS) is 11.2. The van der Waals surface area contributed by atoms with Gasteiger partial charge in [0.05, 0.1) is 21.9 Å². The van der Waals surface area contributed by atoms with Crippen LogP contribution in [0.15, 0.2) is 51.1 Å². The molecule has 0 saturated carbocycles. The molecule has 11 heteroatoms.